The standard InChI is InChI=1S/C25H22N2O3/c1-2-29-24(28)21-17-30-27-22-16-10-9-15-20(22)23(26-19-13-7-4-8-14-19)25(21,27)18-11-5-3-6-12-18/h3-16,21H,2,17H2,1H3/t21-,25+/m1/s1. The van der Waals surface area contributed by atoms with Gasteiger partial charge in [0.05, 0.1) is 30.3 Å². The van der Waals surface area contributed by atoms with Crippen molar-refractivity contribution in [3.8, 4) is 0 Å². The van der Waals surface area contributed by atoms with Crippen LogP contribution in [0.1, 0.15) is 18.1 Å². The van der Waals surface area contributed by atoms with E-state index in [-0.39, 0.29) is 12.6 Å². The van der Waals surface area contributed by atoms with Gasteiger partial charge in [-0.1, -0.05) is 66.7 Å². The number of hydrogen-bond donors (Lipinski definition) is 0. The van der Waals surface area contributed by atoms with Crippen molar-refractivity contribution in [3.05, 3.63) is 96.1 Å². The molecule has 0 N–H and O–H groups in total. The maximum absolute atomic E-state index is 13.1. The number of para-hydroxylation sites is 2. The molecule has 1 fully saturated rings. The Morgan fingerprint density at radius 2 is 1.70 bits per heavy atom. The van der Waals surface area contributed by atoms with Crippen LogP contribution >= 0.6 is 0 Å². The molecule has 2 atom stereocenters. The Morgan fingerprint density at radius 3 is 2.43 bits per heavy atom. The molecule has 5 rings (SSSR count). The number of esters is 1. The number of nitrogens with zero attached hydrogens (tertiary/aromatic N) is 2. The average Bonchev–Trinajstić information content (AvgIpc) is 3.31. The summed E-state index contributed by atoms with van der Waals surface area (Å²) in [6.07, 6.45) is 0. The van der Waals surface area contributed by atoms with Crippen molar-refractivity contribution < 1.29 is 14.4 Å². The van der Waals surface area contributed by atoms with Crippen molar-refractivity contribution in [1.29, 1.82) is 0 Å². The second-order valence-electron chi connectivity index (χ2n) is 7.34. The summed E-state index contributed by atoms with van der Waals surface area (Å²) in [5.41, 5.74) is 3.54. The number of benzene rings is 3. The molecular formula is C25H22N2O3. The van der Waals surface area contributed by atoms with Gasteiger partial charge in [-0.15, -0.1) is 0 Å². The van der Waals surface area contributed by atoms with Crippen molar-refractivity contribution in [2.45, 2.75) is 12.5 Å². The lowest BCUT2D eigenvalue weighted by Gasteiger charge is -2.35. The summed E-state index contributed by atoms with van der Waals surface area (Å²) in [5, 5.41) is 1.86. The highest BCUT2D eigenvalue weighted by atomic mass is 16.7. The van der Waals surface area contributed by atoms with Crippen LogP contribution in [0.5, 0.6) is 0 Å². The molecule has 3 aromatic carbocycles. The Labute approximate surface area is 175 Å². The van der Waals surface area contributed by atoms with Crippen molar-refractivity contribution in [2.24, 2.45) is 10.9 Å². The van der Waals surface area contributed by atoms with Crippen molar-refractivity contribution >= 4 is 23.1 Å². The molecule has 0 spiro atoms. The monoisotopic (exact) mass is 398 g/mol. The fraction of sp³-hybridized carbons (Fsp3) is 0.200. The molecule has 2 aliphatic rings. The SMILES string of the molecule is CCOC(=O)[C@H]1CON2c3ccccc3C(=Nc3ccccc3)[C@]12c1ccccc1. The quantitative estimate of drug-likeness (QED) is 0.601. The molecule has 0 amide bonds. The number of hydrogen-bond acceptors (Lipinski definition) is 5. The van der Waals surface area contributed by atoms with Crippen LogP contribution in [0, 0.1) is 5.92 Å². The van der Waals surface area contributed by atoms with E-state index in [0.29, 0.717) is 6.61 Å². The molecule has 0 aromatic heterocycles. The van der Waals surface area contributed by atoms with Gasteiger partial charge < -0.3 is 4.74 Å². The number of aliphatic imine (C=N–C) groups is 1. The van der Waals surface area contributed by atoms with E-state index >= 15 is 0 Å². The number of hydroxylamine groups is 1. The van der Waals surface area contributed by atoms with Crippen molar-refractivity contribution in [3.63, 3.8) is 0 Å². The van der Waals surface area contributed by atoms with E-state index in [1.54, 1.807) is 0 Å². The molecule has 3 aromatic rings. The molecule has 2 aliphatic heterocycles. The van der Waals surface area contributed by atoms with Crippen LogP contribution < -0.4 is 5.06 Å². The van der Waals surface area contributed by atoms with E-state index in [1.807, 2.05) is 96.9 Å². The zero-order valence-electron chi connectivity index (χ0n) is 16.7. The van der Waals surface area contributed by atoms with Gasteiger partial charge in [0.1, 0.15) is 5.92 Å². The van der Waals surface area contributed by atoms with Gasteiger partial charge in [0, 0.05) is 5.56 Å². The number of fused-ring (bicyclic) bond motifs is 3. The van der Waals surface area contributed by atoms with Gasteiger partial charge in [-0.05, 0) is 30.7 Å². The molecule has 0 saturated carbocycles. The molecule has 2 heterocycles. The van der Waals surface area contributed by atoms with Gasteiger partial charge in [0.2, 0.25) is 0 Å². The van der Waals surface area contributed by atoms with E-state index < -0.39 is 11.5 Å². The van der Waals surface area contributed by atoms with E-state index in [0.717, 1.165) is 28.2 Å². The van der Waals surface area contributed by atoms with Crippen LogP contribution in [0.15, 0.2) is 89.9 Å². The Balaban J connectivity index is 1.81. The lowest BCUT2D eigenvalue weighted by Crippen LogP contribution is -2.50. The van der Waals surface area contributed by atoms with Gasteiger partial charge in [0.15, 0.2) is 5.54 Å². The number of anilines is 1. The highest BCUT2D eigenvalue weighted by Crippen LogP contribution is 2.54. The molecule has 0 radical (unpaired) electrons. The van der Waals surface area contributed by atoms with Crippen molar-refractivity contribution in [2.75, 3.05) is 18.3 Å². The Bertz CT molecular complexity index is 1100. The van der Waals surface area contributed by atoms with Crippen molar-refractivity contribution in [1.82, 2.24) is 0 Å². The molecule has 150 valence electrons. The Hall–Kier alpha value is -3.44. The maximum atomic E-state index is 13.1. The minimum absolute atomic E-state index is 0.232. The van der Waals surface area contributed by atoms with Gasteiger partial charge in [-0.3, -0.25) is 9.63 Å². The third-order valence-corrected chi connectivity index (χ3v) is 5.72. The molecule has 5 heteroatoms. The number of carbonyl (C=O) groups excluding carboxylic acids is 1. The lowest BCUT2D eigenvalue weighted by atomic mass is 9.75. The fourth-order valence-electron chi connectivity index (χ4n) is 4.50. The Morgan fingerprint density at radius 1 is 1.03 bits per heavy atom. The molecule has 1 saturated heterocycles. The zero-order chi connectivity index (χ0) is 20.6. The van der Waals surface area contributed by atoms with Crippen LogP contribution in [0.4, 0.5) is 11.4 Å². The highest BCUT2D eigenvalue weighted by Gasteiger charge is 2.63. The van der Waals surface area contributed by atoms with E-state index in [1.165, 1.54) is 0 Å². The van der Waals surface area contributed by atoms with Gasteiger partial charge in [-0.25, -0.2) is 10.1 Å². The molecular weight excluding hydrogens is 376 g/mol. The summed E-state index contributed by atoms with van der Waals surface area (Å²) in [5.74, 6) is -0.827. The summed E-state index contributed by atoms with van der Waals surface area (Å²) in [6, 6.07) is 27.8. The highest BCUT2D eigenvalue weighted by molar-refractivity contribution is 6.19. The summed E-state index contributed by atoms with van der Waals surface area (Å²) in [4.78, 5) is 24.4. The number of rotatable bonds is 4. The van der Waals surface area contributed by atoms with Crippen LogP contribution in [-0.2, 0) is 19.9 Å². The third-order valence-electron chi connectivity index (χ3n) is 5.72. The van der Waals surface area contributed by atoms with Gasteiger partial charge in [0.25, 0.3) is 0 Å². The zero-order valence-corrected chi connectivity index (χ0v) is 16.7. The average molecular weight is 398 g/mol. The largest absolute Gasteiger partial charge is 0.466 e. The predicted octanol–water partition coefficient (Wildman–Crippen LogP) is 4.65. The topological polar surface area (TPSA) is 51.1 Å². The normalized spacial score (nSPS) is 23.3. The first-order chi connectivity index (χ1) is 14.8. The summed E-state index contributed by atoms with van der Waals surface area (Å²) < 4.78 is 5.48. The summed E-state index contributed by atoms with van der Waals surface area (Å²) >= 11 is 0. The first-order valence-electron chi connectivity index (χ1n) is 10.2. The van der Waals surface area contributed by atoms with Crippen LogP contribution in [0.3, 0.4) is 0 Å². The van der Waals surface area contributed by atoms with Crippen LogP contribution in [-0.4, -0.2) is 24.9 Å². The Kier molecular flexibility index (Phi) is 4.60. The second-order valence-corrected chi connectivity index (χ2v) is 7.34. The fourth-order valence-corrected chi connectivity index (χ4v) is 4.50. The second kappa shape index (κ2) is 7.43. The van der Waals surface area contributed by atoms with Gasteiger partial charge >= 0.3 is 5.97 Å². The first kappa shape index (κ1) is 18.6. The smallest absolute Gasteiger partial charge is 0.314 e. The number of ether oxygens (including phenoxy) is 1. The molecule has 30 heavy (non-hydrogen) atoms. The maximum Gasteiger partial charge on any atom is 0.314 e. The molecule has 0 aliphatic carbocycles. The minimum atomic E-state index is -0.896. The first-order valence-corrected chi connectivity index (χ1v) is 10.2. The summed E-state index contributed by atoms with van der Waals surface area (Å²) in [7, 11) is 0. The van der Waals surface area contributed by atoms with Gasteiger partial charge in [-0.2, -0.15) is 0 Å². The predicted molar refractivity (Wildman–Crippen MR) is 116 cm³/mol. The number of carbonyl (C=O) groups is 1. The summed E-state index contributed by atoms with van der Waals surface area (Å²) in [6.45, 7) is 2.37. The third kappa shape index (κ3) is 2.66. The van der Waals surface area contributed by atoms with E-state index in [9.17, 15) is 4.79 Å². The molecule has 0 bridgehead atoms. The molecule has 0 unspecified atom stereocenters. The molecule has 5 nitrogen and oxygen atoms in total. The van der Waals surface area contributed by atoms with E-state index in [2.05, 4.69) is 0 Å². The minimum Gasteiger partial charge on any atom is -0.466 e. The van der Waals surface area contributed by atoms with Crippen LogP contribution in [0.2, 0.25) is 0 Å². The lowest BCUT2D eigenvalue weighted by molar-refractivity contribution is -0.148. The van der Waals surface area contributed by atoms with Crippen LogP contribution in [0.25, 0.3) is 0 Å². The van der Waals surface area contributed by atoms with E-state index in [4.69, 9.17) is 14.6 Å².